The van der Waals surface area contributed by atoms with Crippen molar-refractivity contribution < 1.29 is 4.42 Å². The van der Waals surface area contributed by atoms with E-state index < -0.39 is 0 Å². The van der Waals surface area contributed by atoms with Gasteiger partial charge in [0.15, 0.2) is 5.96 Å². The topological polar surface area (TPSA) is 65.7 Å². The molecule has 4 rings (SSSR count). The molecule has 2 aromatic heterocycles. The van der Waals surface area contributed by atoms with Gasteiger partial charge in [-0.3, -0.25) is 4.99 Å². The lowest BCUT2D eigenvalue weighted by molar-refractivity contribution is 0.573. The zero-order valence-corrected chi connectivity index (χ0v) is 17.1. The van der Waals surface area contributed by atoms with Gasteiger partial charge < -0.3 is 20.0 Å². The number of thiophene rings is 1. The second-order valence-electron chi connectivity index (χ2n) is 6.60. The molecule has 0 aliphatic carbocycles. The van der Waals surface area contributed by atoms with Gasteiger partial charge in [0.1, 0.15) is 6.26 Å². The number of hydrogen-bond acceptors (Lipinski definition) is 5. The zero-order valence-electron chi connectivity index (χ0n) is 15.6. The predicted octanol–water partition coefficient (Wildman–Crippen LogP) is 4.00. The molecule has 0 bridgehead atoms. The number of hydrogen-bond donors (Lipinski definition) is 2. The van der Waals surface area contributed by atoms with Crippen molar-refractivity contribution in [2.75, 3.05) is 25.0 Å². The molecule has 2 N–H and O–H groups in total. The van der Waals surface area contributed by atoms with Gasteiger partial charge in [-0.1, -0.05) is 23.7 Å². The summed E-state index contributed by atoms with van der Waals surface area (Å²) in [6.45, 7) is 2.45. The number of oxazole rings is 1. The van der Waals surface area contributed by atoms with Crippen molar-refractivity contribution in [3.8, 4) is 10.8 Å². The molecular weight excluding hydrogens is 394 g/mol. The maximum atomic E-state index is 6.12. The average molecular weight is 416 g/mol. The molecule has 1 aliphatic rings. The molecule has 0 saturated carbocycles. The summed E-state index contributed by atoms with van der Waals surface area (Å²) in [4.78, 5) is 12.2. The van der Waals surface area contributed by atoms with Crippen molar-refractivity contribution in [3.05, 3.63) is 58.8 Å². The van der Waals surface area contributed by atoms with Crippen LogP contribution in [0, 0.1) is 0 Å². The van der Waals surface area contributed by atoms with Gasteiger partial charge in [-0.05, 0) is 36.1 Å². The summed E-state index contributed by atoms with van der Waals surface area (Å²) in [7, 11) is 1.78. The molecule has 8 heteroatoms. The number of aliphatic imine (C=N–C) groups is 1. The zero-order chi connectivity index (χ0) is 19.3. The van der Waals surface area contributed by atoms with Crippen molar-refractivity contribution in [1.82, 2.24) is 15.6 Å². The van der Waals surface area contributed by atoms with E-state index in [0.29, 0.717) is 18.5 Å². The van der Waals surface area contributed by atoms with Crippen molar-refractivity contribution in [1.29, 1.82) is 0 Å². The Labute approximate surface area is 173 Å². The highest BCUT2D eigenvalue weighted by Crippen LogP contribution is 2.24. The van der Waals surface area contributed by atoms with Crippen molar-refractivity contribution in [2.24, 2.45) is 4.99 Å². The highest BCUT2D eigenvalue weighted by Gasteiger charge is 2.23. The van der Waals surface area contributed by atoms with Gasteiger partial charge in [-0.25, -0.2) is 4.98 Å². The fourth-order valence-corrected chi connectivity index (χ4v) is 4.09. The van der Waals surface area contributed by atoms with Crippen molar-refractivity contribution in [2.45, 2.75) is 19.0 Å². The second-order valence-corrected chi connectivity index (χ2v) is 7.99. The van der Waals surface area contributed by atoms with Gasteiger partial charge in [0.2, 0.25) is 5.89 Å². The maximum Gasteiger partial charge on any atom is 0.236 e. The van der Waals surface area contributed by atoms with Gasteiger partial charge in [0.25, 0.3) is 0 Å². The van der Waals surface area contributed by atoms with Crippen LogP contribution < -0.4 is 15.5 Å². The standard InChI is InChI=1S/C20H22ClN5OS/c1-22-20(23-11-16-13-27-19(24-16)18-6-3-9-28-18)25-15-7-8-26(12-15)17-5-2-4-14(21)10-17/h2-6,9-10,13,15H,7-8,11-12H2,1H3,(H2,22,23,25). The molecule has 146 valence electrons. The van der Waals surface area contributed by atoms with Crippen LogP contribution >= 0.6 is 22.9 Å². The maximum absolute atomic E-state index is 6.12. The SMILES string of the molecule is CN=C(NCc1coc(-c2cccs2)n1)NC1CCN(c2cccc(Cl)c2)C1. The first-order valence-corrected chi connectivity index (χ1v) is 10.4. The van der Waals surface area contributed by atoms with Gasteiger partial charge in [-0.15, -0.1) is 11.3 Å². The molecule has 1 saturated heterocycles. The lowest BCUT2D eigenvalue weighted by atomic mass is 10.2. The summed E-state index contributed by atoms with van der Waals surface area (Å²) < 4.78 is 5.56. The summed E-state index contributed by atoms with van der Waals surface area (Å²) in [5, 5.41) is 9.58. The molecule has 0 radical (unpaired) electrons. The van der Waals surface area contributed by atoms with E-state index in [9.17, 15) is 0 Å². The first-order valence-electron chi connectivity index (χ1n) is 9.17. The first-order chi connectivity index (χ1) is 13.7. The Balaban J connectivity index is 1.29. The Morgan fingerprint density at radius 3 is 3.11 bits per heavy atom. The van der Waals surface area contributed by atoms with Gasteiger partial charge in [-0.2, -0.15) is 0 Å². The Kier molecular flexibility index (Phi) is 5.83. The van der Waals surface area contributed by atoms with Crippen LogP contribution in [-0.2, 0) is 6.54 Å². The number of anilines is 1. The fourth-order valence-electron chi connectivity index (χ4n) is 3.25. The third-order valence-corrected chi connectivity index (χ3v) is 5.74. The minimum atomic E-state index is 0.323. The van der Waals surface area contributed by atoms with Crippen molar-refractivity contribution >= 4 is 34.6 Å². The molecule has 28 heavy (non-hydrogen) atoms. The lowest BCUT2D eigenvalue weighted by Gasteiger charge is -2.20. The van der Waals surface area contributed by atoms with E-state index in [4.69, 9.17) is 16.0 Å². The van der Waals surface area contributed by atoms with E-state index in [1.165, 1.54) is 0 Å². The summed E-state index contributed by atoms with van der Waals surface area (Å²) >= 11 is 7.73. The molecule has 0 spiro atoms. The number of rotatable bonds is 5. The van der Waals surface area contributed by atoms with Crippen LogP contribution in [0.2, 0.25) is 5.02 Å². The summed E-state index contributed by atoms with van der Waals surface area (Å²) in [5.41, 5.74) is 2.00. The first kappa shape index (κ1) is 18.8. The highest BCUT2D eigenvalue weighted by molar-refractivity contribution is 7.13. The quantitative estimate of drug-likeness (QED) is 0.487. The third-order valence-electron chi connectivity index (χ3n) is 4.65. The summed E-state index contributed by atoms with van der Waals surface area (Å²) in [6.07, 6.45) is 2.73. The second kappa shape index (κ2) is 8.67. The number of guanidine groups is 1. The van der Waals surface area contributed by atoms with Crippen LogP contribution in [0.15, 0.2) is 57.5 Å². The Hall–Kier alpha value is -2.51. The van der Waals surface area contributed by atoms with Gasteiger partial charge >= 0.3 is 0 Å². The molecule has 1 aliphatic heterocycles. The predicted molar refractivity (Wildman–Crippen MR) is 115 cm³/mol. The average Bonchev–Trinajstić information content (AvgIpc) is 3.46. The van der Waals surface area contributed by atoms with Crippen LogP contribution in [0.5, 0.6) is 0 Å². The lowest BCUT2D eigenvalue weighted by Crippen LogP contribution is -2.44. The molecular formula is C20H22ClN5OS. The minimum Gasteiger partial charge on any atom is -0.443 e. The molecule has 0 amide bonds. The fraction of sp³-hybridized carbons (Fsp3) is 0.300. The van der Waals surface area contributed by atoms with Crippen LogP contribution in [-0.4, -0.2) is 37.1 Å². The molecule has 3 aromatic rings. The van der Waals surface area contributed by atoms with E-state index >= 15 is 0 Å². The number of aromatic nitrogens is 1. The van der Waals surface area contributed by atoms with Crippen LogP contribution in [0.1, 0.15) is 12.1 Å². The largest absolute Gasteiger partial charge is 0.443 e. The Morgan fingerprint density at radius 2 is 2.32 bits per heavy atom. The highest BCUT2D eigenvalue weighted by atomic mass is 35.5. The molecule has 6 nitrogen and oxygen atoms in total. The molecule has 3 heterocycles. The summed E-state index contributed by atoms with van der Waals surface area (Å²) in [5.74, 6) is 1.42. The van der Waals surface area contributed by atoms with Gasteiger partial charge in [0, 0.05) is 36.9 Å². The van der Waals surface area contributed by atoms with Crippen LogP contribution in [0.3, 0.4) is 0 Å². The summed E-state index contributed by atoms with van der Waals surface area (Å²) in [6, 6.07) is 12.3. The number of benzene rings is 1. The number of halogens is 1. The van der Waals surface area contributed by atoms with E-state index in [2.05, 4.69) is 31.6 Å². The van der Waals surface area contributed by atoms with Gasteiger partial charge in [0.05, 0.1) is 17.1 Å². The monoisotopic (exact) mass is 415 g/mol. The van der Waals surface area contributed by atoms with E-state index in [0.717, 1.165) is 46.8 Å². The molecule has 1 unspecified atom stereocenters. The van der Waals surface area contributed by atoms with E-state index in [1.54, 1.807) is 24.6 Å². The van der Waals surface area contributed by atoms with Crippen LogP contribution in [0.25, 0.3) is 10.8 Å². The van der Waals surface area contributed by atoms with E-state index in [-0.39, 0.29) is 0 Å². The Bertz CT molecular complexity index is 940. The third kappa shape index (κ3) is 4.48. The molecule has 1 atom stereocenters. The number of nitrogens with zero attached hydrogens (tertiary/aromatic N) is 3. The molecule has 1 fully saturated rings. The van der Waals surface area contributed by atoms with E-state index in [1.807, 2.05) is 35.7 Å². The van der Waals surface area contributed by atoms with Crippen LogP contribution in [0.4, 0.5) is 5.69 Å². The number of nitrogens with one attached hydrogen (secondary N) is 2. The smallest absolute Gasteiger partial charge is 0.236 e. The Morgan fingerprint density at radius 1 is 1.39 bits per heavy atom. The van der Waals surface area contributed by atoms with Crippen molar-refractivity contribution in [3.63, 3.8) is 0 Å². The molecule has 1 aromatic carbocycles. The normalized spacial score (nSPS) is 17.1. The minimum absolute atomic E-state index is 0.323.